The third-order valence-corrected chi connectivity index (χ3v) is 9.50. The predicted octanol–water partition coefficient (Wildman–Crippen LogP) is 12.5. The lowest BCUT2D eigenvalue weighted by molar-refractivity contribution is 1.25. The van der Waals surface area contributed by atoms with Gasteiger partial charge in [-0.2, -0.15) is 0 Å². The van der Waals surface area contributed by atoms with Gasteiger partial charge in [0.1, 0.15) is 0 Å². The topological polar surface area (TPSA) is 38.7 Å². The van der Waals surface area contributed by atoms with Crippen molar-refractivity contribution in [2.45, 2.75) is 6.92 Å². The minimum Gasteiger partial charge on any atom is -0.251 e. The Morgan fingerprint density at radius 1 is 0.314 bits per heavy atom. The van der Waals surface area contributed by atoms with Crippen LogP contribution in [-0.2, 0) is 0 Å². The molecule has 0 unspecified atom stereocenters. The monoisotopic (exact) mass is 651 g/mol. The van der Waals surface area contributed by atoms with E-state index in [0.29, 0.717) is 0 Å². The van der Waals surface area contributed by atoms with Crippen LogP contribution in [0.3, 0.4) is 0 Å². The Morgan fingerprint density at radius 3 is 1.53 bits per heavy atom. The second kappa shape index (κ2) is 13.0. The standard InChI is InChI=1S/C48H33N3/c1-32-27-43(42-25-23-36-24-26-44(34-15-7-3-8-16-34)51-47(36)48(42)49-32)39-21-11-19-37(28-39)38-20-12-22-40(29-38)46-31-41(33-13-5-2-6-14-33)30-45(50-46)35-17-9-4-10-18-35/h2-31H,1H3. The molecule has 0 aliphatic heterocycles. The number of hydrogen-bond donors (Lipinski definition) is 0. The molecule has 3 heterocycles. The van der Waals surface area contributed by atoms with Crippen molar-refractivity contribution in [2.24, 2.45) is 0 Å². The molecule has 0 amide bonds. The molecule has 6 aromatic carbocycles. The quantitative estimate of drug-likeness (QED) is 0.168. The number of rotatable bonds is 6. The Hall–Kier alpha value is -6.71. The van der Waals surface area contributed by atoms with E-state index in [-0.39, 0.29) is 0 Å². The summed E-state index contributed by atoms with van der Waals surface area (Å²) in [6, 6.07) is 63.9. The van der Waals surface area contributed by atoms with Crippen LogP contribution < -0.4 is 0 Å². The summed E-state index contributed by atoms with van der Waals surface area (Å²) in [5.74, 6) is 0. The molecule has 0 saturated carbocycles. The van der Waals surface area contributed by atoms with Crippen molar-refractivity contribution in [3.8, 4) is 67.2 Å². The van der Waals surface area contributed by atoms with Crippen LogP contribution in [0.1, 0.15) is 5.69 Å². The highest BCUT2D eigenvalue weighted by molar-refractivity contribution is 6.09. The van der Waals surface area contributed by atoms with Gasteiger partial charge in [-0.1, -0.05) is 146 Å². The van der Waals surface area contributed by atoms with Crippen molar-refractivity contribution in [3.63, 3.8) is 0 Å². The molecule has 51 heavy (non-hydrogen) atoms. The molecule has 240 valence electrons. The number of benzene rings is 6. The summed E-state index contributed by atoms with van der Waals surface area (Å²) in [6.07, 6.45) is 0. The van der Waals surface area contributed by atoms with Gasteiger partial charge in [-0.25, -0.2) is 9.97 Å². The van der Waals surface area contributed by atoms with Crippen LogP contribution in [0.15, 0.2) is 182 Å². The van der Waals surface area contributed by atoms with Gasteiger partial charge >= 0.3 is 0 Å². The number of pyridine rings is 3. The molecule has 0 bridgehead atoms. The summed E-state index contributed by atoms with van der Waals surface area (Å²) < 4.78 is 0. The fraction of sp³-hybridized carbons (Fsp3) is 0.0208. The molecule has 0 saturated heterocycles. The summed E-state index contributed by atoms with van der Waals surface area (Å²) >= 11 is 0. The van der Waals surface area contributed by atoms with E-state index < -0.39 is 0 Å². The van der Waals surface area contributed by atoms with E-state index in [2.05, 4.69) is 165 Å². The molecule has 0 spiro atoms. The highest BCUT2D eigenvalue weighted by Crippen LogP contribution is 2.36. The van der Waals surface area contributed by atoms with Crippen LogP contribution >= 0.6 is 0 Å². The zero-order valence-corrected chi connectivity index (χ0v) is 28.2. The Morgan fingerprint density at radius 2 is 0.843 bits per heavy atom. The first-order chi connectivity index (χ1) is 25.2. The van der Waals surface area contributed by atoms with E-state index in [9.17, 15) is 0 Å². The molecule has 0 aliphatic carbocycles. The normalized spacial score (nSPS) is 11.2. The molecule has 0 atom stereocenters. The highest BCUT2D eigenvalue weighted by Gasteiger charge is 2.14. The Labute approximate surface area is 297 Å². The number of fused-ring (bicyclic) bond motifs is 3. The van der Waals surface area contributed by atoms with E-state index in [1.54, 1.807) is 0 Å². The molecule has 3 nitrogen and oxygen atoms in total. The summed E-state index contributed by atoms with van der Waals surface area (Å²) in [6.45, 7) is 2.07. The lowest BCUT2D eigenvalue weighted by Gasteiger charge is -2.13. The second-order valence-corrected chi connectivity index (χ2v) is 12.9. The predicted molar refractivity (Wildman–Crippen MR) is 212 cm³/mol. The lowest BCUT2D eigenvalue weighted by atomic mass is 9.94. The smallest absolute Gasteiger partial charge is 0.0974 e. The third-order valence-electron chi connectivity index (χ3n) is 9.50. The summed E-state index contributed by atoms with van der Waals surface area (Å²) in [7, 11) is 0. The Bertz CT molecular complexity index is 2630. The summed E-state index contributed by atoms with van der Waals surface area (Å²) in [5, 5.41) is 2.17. The molecular weight excluding hydrogens is 619 g/mol. The maximum absolute atomic E-state index is 5.18. The van der Waals surface area contributed by atoms with Gasteiger partial charge in [0.15, 0.2) is 0 Å². The number of nitrogens with zero attached hydrogens (tertiary/aromatic N) is 3. The van der Waals surface area contributed by atoms with Crippen LogP contribution in [0, 0.1) is 6.92 Å². The Kier molecular flexibility index (Phi) is 7.71. The molecule has 0 N–H and O–H groups in total. The molecular formula is C48H33N3. The zero-order valence-electron chi connectivity index (χ0n) is 28.2. The number of aryl methyl sites for hydroxylation is 1. The molecule has 0 fully saturated rings. The van der Waals surface area contributed by atoms with Crippen molar-refractivity contribution in [1.82, 2.24) is 15.0 Å². The summed E-state index contributed by atoms with van der Waals surface area (Å²) in [4.78, 5) is 15.4. The first kappa shape index (κ1) is 30.4. The first-order valence-electron chi connectivity index (χ1n) is 17.3. The van der Waals surface area contributed by atoms with Crippen molar-refractivity contribution in [2.75, 3.05) is 0 Å². The van der Waals surface area contributed by atoms with Gasteiger partial charge in [-0.3, -0.25) is 4.98 Å². The van der Waals surface area contributed by atoms with E-state index in [0.717, 1.165) is 89.1 Å². The third kappa shape index (κ3) is 5.96. The second-order valence-electron chi connectivity index (χ2n) is 12.9. The highest BCUT2D eigenvalue weighted by atomic mass is 14.8. The average Bonchev–Trinajstić information content (AvgIpc) is 3.21. The first-order valence-corrected chi connectivity index (χ1v) is 17.3. The van der Waals surface area contributed by atoms with Gasteiger partial charge in [-0.15, -0.1) is 0 Å². The van der Waals surface area contributed by atoms with Gasteiger partial charge in [0, 0.05) is 33.2 Å². The number of hydrogen-bond acceptors (Lipinski definition) is 3. The zero-order chi connectivity index (χ0) is 34.1. The van der Waals surface area contributed by atoms with Crippen molar-refractivity contribution >= 4 is 21.8 Å². The molecule has 0 aliphatic rings. The fourth-order valence-corrected chi connectivity index (χ4v) is 6.96. The van der Waals surface area contributed by atoms with E-state index >= 15 is 0 Å². The van der Waals surface area contributed by atoms with Crippen molar-refractivity contribution < 1.29 is 0 Å². The molecule has 3 heteroatoms. The van der Waals surface area contributed by atoms with E-state index in [1.807, 2.05) is 24.3 Å². The molecule has 9 aromatic rings. The average molecular weight is 652 g/mol. The minimum absolute atomic E-state index is 0.919. The fourth-order valence-electron chi connectivity index (χ4n) is 6.96. The molecule has 9 rings (SSSR count). The molecule has 3 aromatic heterocycles. The van der Waals surface area contributed by atoms with Crippen molar-refractivity contribution in [1.29, 1.82) is 0 Å². The van der Waals surface area contributed by atoms with Crippen LogP contribution in [0.2, 0.25) is 0 Å². The maximum Gasteiger partial charge on any atom is 0.0974 e. The van der Waals surface area contributed by atoms with Gasteiger partial charge in [0.25, 0.3) is 0 Å². The van der Waals surface area contributed by atoms with Crippen molar-refractivity contribution in [3.05, 3.63) is 188 Å². The van der Waals surface area contributed by atoms with Gasteiger partial charge < -0.3 is 0 Å². The van der Waals surface area contributed by atoms with Crippen LogP contribution in [0.25, 0.3) is 89.0 Å². The van der Waals surface area contributed by atoms with Gasteiger partial charge in [0.05, 0.1) is 28.1 Å². The van der Waals surface area contributed by atoms with Crippen LogP contribution in [0.5, 0.6) is 0 Å². The lowest BCUT2D eigenvalue weighted by Crippen LogP contribution is -1.93. The minimum atomic E-state index is 0.919. The molecule has 0 radical (unpaired) electrons. The van der Waals surface area contributed by atoms with E-state index in [4.69, 9.17) is 15.0 Å². The summed E-state index contributed by atoms with van der Waals surface area (Å²) in [5.41, 5.74) is 15.8. The SMILES string of the molecule is Cc1cc(-c2cccc(-c3cccc(-c4cc(-c5ccccc5)cc(-c5ccccc5)n4)c3)c2)c2ccc3ccc(-c4ccccc4)nc3c2n1. The van der Waals surface area contributed by atoms with Gasteiger partial charge in [-0.05, 0) is 76.7 Å². The van der Waals surface area contributed by atoms with E-state index in [1.165, 1.54) is 5.56 Å². The Balaban J connectivity index is 1.14. The number of aromatic nitrogens is 3. The van der Waals surface area contributed by atoms with Crippen LogP contribution in [-0.4, -0.2) is 15.0 Å². The maximum atomic E-state index is 5.18. The van der Waals surface area contributed by atoms with Gasteiger partial charge in [0.2, 0.25) is 0 Å². The largest absolute Gasteiger partial charge is 0.251 e. The van der Waals surface area contributed by atoms with Crippen LogP contribution in [0.4, 0.5) is 0 Å².